The van der Waals surface area contributed by atoms with Crippen LogP contribution in [0.2, 0.25) is 0 Å². The number of rotatable bonds is 4. The lowest BCUT2D eigenvalue weighted by Gasteiger charge is -2.40. The van der Waals surface area contributed by atoms with Crippen LogP contribution in [0, 0.1) is 6.92 Å². The third-order valence-electron chi connectivity index (χ3n) is 4.79. The average molecular weight is 347 g/mol. The third kappa shape index (κ3) is 4.12. The molecule has 0 spiro atoms. The Morgan fingerprint density at radius 2 is 2.04 bits per heavy atom. The van der Waals surface area contributed by atoms with E-state index in [4.69, 9.17) is 14.2 Å². The molecule has 3 rings (SSSR count). The second-order valence-corrected chi connectivity index (χ2v) is 6.73. The lowest BCUT2D eigenvalue weighted by atomic mass is 10.0. The van der Waals surface area contributed by atoms with E-state index in [2.05, 4.69) is 30.0 Å². The van der Waals surface area contributed by atoms with E-state index in [0.717, 1.165) is 13.0 Å². The highest BCUT2D eigenvalue weighted by atomic mass is 16.6. The Morgan fingerprint density at radius 1 is 1.24 bits per heavy atom. The van der Waals surface area contributed by atoms with Crippen LogP contribution < -0.4 is 4.90 Å². The van der Waals surface area contributed by atoms with E-state index in [-0.39, 0.29) is 37.0 Å². The van der Waals surface area contributed by atoms with Gasteiger partial charge in [-0.3, -0.25) is 9.59 Å². The Bertz CT molecular complexity index is 659. The molecule has 0 bridgehead atoms. The molecule has 0 radical (unpaired) electrons. The number of carbonyl (C=O) groups excluding carboxylic acids is 2. The first-order valence-electron chi connectivity index (χ1n) is 8.75. The molecule has 0 aliphatic carbocycles. The summed E-state index contributed by atoms with van der Waals surface area (Å²) in [6.07, 6.45) is 1.43. The maximum atomic E-state index is 11.4. The molecular weight excluding hydrogens is 322 g/mol. The Hall–Kier alpha value is -2.08. The molecular formula is C19H25NO5. The number of nitrogens with zero attached hydrogens (tertiary/aromatic N) is 1. The van der Waals surface area contributed by atoms with Crippen molar-refractivity contribution in [2.75, 3.05) is 18.1 Å². The molecule has 2 heterocycles. The van der Waals surface area contributed by atoms with Crippen LogP contribution in [0.5, 0.6) is 0 Å². The summed E-state index contributed by atoms with van der Waals surface area (Å²) in [4.78, 5) is 24.7. The fourth-order valence-electron chi connectivity index (χ4n) is 3.73. The molecule has 0 N–H and O–H groups in total. The van der Waals surface area contributed by atoms with Crippen LogP contribution in [-0.4, -0.2) is 43.5 Å². The van der Waals surface area contributed by atoms with Gasteiger partial charge in [0, 0.05) is 38.9 Å². The molecule has 6 heteroatoms. The maximum absolute atomic E-state index is 11.4. The first-order valence-corrected chi connectivity index (χ1v) is 8.75. The fraction of sp³-hybridized carbons (Fsp3) is 0.579. The molecule has 0 aromatic heterocycles. The quantitative estimate of drug-likeness (QED) is 0.779. The highest BCUT2D eigenvalue weighted by molar-refractivity contribution is 5.66. The van der Waals surface area contributed by atoms with Crippen molar-refractivity contribution in [3.63, 3.8) is 0 Å². The second kappa shape index (κ2) is 7.44. The second-order valence-electron chi connectivity index (χ2n) is 6.73. The summed E-state index contributed by atoms with van der Waals surface area (Å²) in [5.41, 5.74) is 3.81. The first kappa shape index (κ1) is 17.7. The van der Waals surface area contributed by atoms with Crippen molar-refractivity contribution < 1.29 is 23.8 Å². The number of carbonyl (C=O) groups is 2. The summed E-state index contributed by atoms with van der Waals surface area (Å²) in [5.74, 6) is -0.633. The van der Waals surface area contributed by atoms with Gasteiger partial charge in [-0.25, -0.2) is 0 Å². The Kier molecular flexibility index (Phi) is 5.27. The fourth-order valence-corrected chi connectivity index (χ4v) is 3.73. The largest absolute Gasteiger partial charge is 0.463 e. The summed E-state index contributed by atoms with van der Waals surface area (Å²) in [6, 6.07) is 6.28. The van der Waals surface area contributed by atoms with Gasteiger partial charge in [0.05, 0.1) is 6.10 Å². The molecule has 25 heavy (non-hydrogen) atoms. The summed E-state index contributed by atoms with van der Waals surface area (Å²) in [6.45, 7) is 5.97. The molecule has 2 aliphatic heterocycles. The van der Waals surface area contributed by atoms with Gasteiger partial charge < -0.3 is 19.1 Å². The van der Waals surface area contributed by atoms with E-state index in [0.29, 0.717) is 12.8 Å². The standard InChI is InChI=1S/C19H25NO5/c1-12-5-4-6-18-17(12)7-8-20(18)19-10-15(24-14(3)22)9-16(25-19)11-23-13(2)21/h4-6,15-16,19H,7-11H2,1-3H3. The van der Waals surface area contributed by atoms with Gasteiger partial charge >= 0.3 is 11.9 Å². The molecule has 1 saturated heterocycles. The lowest BCUT2D eigenvalue weighted by Crippen LogP contribution is -2.48. The molecule has 1 aromatic rings. The molecule has 1 fully saturated rings. The van der Waals surface area contributed by atoms with Crippen LogP contribution >= 0.6 is 0 Å². The van der Waals surface area contributed by atoms with Gasteiger partial charge in [0.1, 0.15) is 18.9 Å². The molecule has 0 saturated carbocycles. The van der Waals surface area contributed by atoms with Crippen molar-refractivity contribution in [3.8, 4) is 0 Å². The summed E-state index contributed by atoms with van der Waals surface area (Å²) >= 11 is 0. The van der Waals surface area contributed by atoms with Crippen molar-refractivity contribution in [2.45, 2.75) is 58.5 Å². The normalized spacial score (nSPS) is 25.4. The van der Waals surface area contributed by atoms with E-state index in [1.54, 1.807) is 0 Å². The number of hydrogen-bond donors (Lipinski definition) is 0. The minimum atomic E-state index is -0.336. The van der Waals surface area contributed by atoms with Crippen molar-refractivity contribution in [1.82, 2.24) is 0 Å². The van der Waals surface area contributed by atoms with Crippen molar-refractivity contribution >= 4 is 17.6 Å². The lowest BCUT2D eigenvalue weighted by molar-refractivity contribution is -0.168. The predicted octanol–water partition coefficient (Wildman–Crippen LogP) is 2.36. The zero-order valence-corrected chi connectivity index (χ0v) is 15.0. The minimum Gasteiger partial charge on any atom is -0.463 e. The maximum Gasteiger partial charge on any atom is 0.302 e. The summed E-state index contributed by atoms with van der Waals surface area (Å²) in [5, 5.41) is 0. The monoisotopic (exact) mass is 347 g/mol. The number of fused-ring (bicyclic) bond motifs is 1. The van der Waals surface area contributed by atoms with Crippen LogP contribution in [0.4, 0.5) is 5.69 Å². The molecule has 136 valence electrons. The van der Waals surface area contributed by atoms with E-state index >= 15 is 0 Å². The molecule has 3 unspecified atom stereocenters. The third-order valence-corrected chi connectivity index (χ3v) is 4.79. The summed E-state index contributed by atoms with van der Waals surface area (Å²) in [7, 11) is 0. The zero-order valence-electron chi connectivity index (χ0n) is 15.0. The van der Waals surface area contributed by atoms with Crippen molar-refractivity contribution in [1.29, 1.82) is 0 Å². The van der Waals surface area contributed by atoms with E-state index in [1.807, 2.05) is 0 Å². The van der Waals surface area contributed by atoms with Crippen LogP contribution in [0.1, 0.15) is 37.8 Å². The molecule has 2 aliphatic rings. The zero-order chi connectivity index (χ0) is 18.0. The topological polar surface area (TPSA) is 65.1 Å². The van der Waals surface area contributed by atoms with Crippen molar-refractivity contribution in [3.05, 3.63) is 29.3 Å². The number of ether oxygens (including phenoxy) is 3. The number of anilines is 1. The van der Waals surface area contributed by atoms with E-state index in [1.165, 1.54) is 30.7 Å². The van der Waals surface area contributed by atoms with Crippen LogP contribution in [0.15, 0.2) is 18.2 Å². The minimum absolute atomic E-state index is 0.179. The molecule has 3 atom stereocenters. The van der Waals surface area contributed by atoms with Gasteiger partial charge in [0.15, 0.2) is 0 Å². The molecule has 1 aromatic carbocycles. The Labute approximate surface area is 148 Å². The van der Waals surface area contributed by atoms with Gasteiger partial charge in [0.2, 0.25) is 0 Å². The van der Waals surface area contributed by atoms with Gasteiger partial charge in [-0.1, -0.05) is 12.1 Å². The Balaban J connectivity index is 1.76. The molecule has 6 nitrogen and oxygen atoms in total. The van der Waals surface area contributed by atoms with Crippen molar-refractivity contribution in [2.24, 2.45) is 0 Å². The first-order chi connectivity index (χ1) is 11.9. The SMILES string of the molecule is CC(=O)OCC1CC(OC(C)=O)CC(N2CCc3c(C)cccc32)O1. The van der Waals surface area contributed by atoms with Gasteiger partial charge in [0.25, 0.3) is 0 Å². The van der Waals surface area contributed by atoms with E-state index < -0.39 is 0 Å². The Morgan fingerprint density at radius 3 is 2.76 bits per heavy atom. The highest BCUT2D eigenvalue weighted by Crippen LogP contribution is 2.36. The summed E-state index contributed by atoms with van der Waals surface area (Å²) < 4.78 is 16.7. The number of benzene rings is 1. The average Bonchev–Trinajstić information content (AvgIpc) is 2.97. The van der Waals surface area contributed by atoms with Crippen LogP contribution in [0.25, 0.3) is 0 Å². The van der Waals surface area contributed by atoms with Gasteiger partial charge in [-0.2, -0.15) is 0 Å². The van der Waals surface area contributed by atoms with E-state index in [9.17, 15) is 9.59 Å². The number of hydrogen-bond acceptors (Lipinski definition) is 6. The predicted molar refractivity (Wildman–Crippen MR) is 92.3 cm³/mol. The highest BCUT2D eigenvalue weighted by Gasteiger charge is 2.37. The van der Waals surface area contributed by atoms with Crippen LogP contribution in [-0.2, 0) is 30.2 Å². The number of esters is 2. The van der Waals surface area contributed by atoms with Gasteiger partial charge in [-0.15, -0.1) is 0 Å². The van der Waals surface area contributed by atoms with Gasteiger partial charge in [-0.05, 0) is 30.5 Å². The smallest absolute Gasteiger partial charge is 0.302 e. The van der Waals surface area contributed by atoms with Crippen LogP contribution in [0.3, 0.4) is 0 Å². The molecule has 0 amide bonds. The number of aryl methyl sites for hydroxylation is 1.